The Kier molecular flexibility index (Phi) is 7.05. The van der Waals surface area contributed by atoms with Gasteiger partial charge in [0.2, 0.25) is 0 Å². The molecular formula is C17H29N3O3. The minimum Gasteiger partial charge on any atom is -0.468 e. The highest BCUT2D eigenvalue weighted by Gasteiger charge is 2.22. The third-order valence-corrected chi connectivity index (χ3v) is 4.52. The molecule has 0 aliphatic heterocycles. The van der Waals surface area contributed by atoms with Crippen LogP contribution in [0.1, 0.15) is 38.2 Å². The molecule has 0 saturated heterocycles. The number of ether oxygens (including phenoxy) is 2. The van der Waals surface area contributed by atoms with Gasteiger partial charge >= 0.3 is 5.97 Å². The summed E-state index contributed by atoms with van der Waals surface area (Å²) in [6.45, 7) is 4.58. The molecule has 0 N–H and O–H groups in total. The fourth-order valence-electron chi connectivity index (χ4n) is 3.14. The molecular weight excluding hydrogens is 294 g/mol. The quantitative estimate of drug-likeness (QED) is 0.685. The summed E-state index contributed by atoms with van der Waals surface area (Å²) in [7, 11) is 3.31. The maximum Gasteiger partial charge on any atom is 0.319 e. The zero-order valence-electron chi connectivity index (χ0n) is 14.5. The number of aryl methyl sites for hydroxylation is 1. The molecule has 0 bridgehead atoms. The van der Waals surface area contributed by atoms with Crippen LogP contribution in [0.2, 0.25) is 0 Å². The van der Waals surface area contributed by atoms with Crippen LogP contribution in [0.25, 0.3) is 0 Å². The summed E-state index contributed by atoms with van der Waals surface area (Å²) in [5, 5.41) is 4.18. The molecule has 1 heterocycles. The smallest absolute Gasteiger partial charge is 0.319 e. The Hall–Kier alpha value is -1.40. The summed E-state index contributed by atoms with van der Waals surface area (Å²) in [6, 6.07) is 0. The van der Waals surface area contributed by atoms with E-state index < -0.39 is 0 Å². The van der Waals surface area contributed by atoms with E-state index in [9.17, 15) is 4.79 Å². The van der Waals surface area contributed by atoms with Crippen molar-refractivity contribution in [2.24, 2.45) is 13.0 Å². The zero-order valence-corrected chi connectivity index (χ0v) is 14.5. The number of carbonyl (C=O) groups excluding carboxylic acids is 1. The first-order valence-electron chi connectivity index (χ1n) is 8.46. The summed E-state index contributed by atoms with van der Waals surface area (Å²) in [6.07, 6.45) is 9.14. The summed E-state index contributed by atoms with van der Waals surface area (Å²) < 4.78 is 12.6. The third-order valence-electron chi connectivity index (χ3n) is 4.52. The summed E-state index contributed by atoms with van der Waals surface area (Å²) >= 11 is 0. The molecule has 1 fully saturated rings. The Morgan fingerprint density at radius 2 is 2.22 bits per heavy atom. The van der Waals surface area contributed by atoms with Gasteiger partial charge in [-0.2, -0.15) is 5.10 Å². The Morgan fingerprint density at radius 3 is 2.87 bits per heavy atom. The van der Waals surface area contributed by atoms with Gasteiger partial charge in [0.1, 0.15) is 0 Å². The molecule has 1 saturated carbocycles. The molecule has 0 spiro atoms. The number of hydrogen-bond donors (Lipinski definition) is 0. The minimum atomic E-state index is -0.222. The predicted molar refractivity (Wildman–Crippen MR) is 87.9 cm³/mol. The molecule has 1 aromatic rings. The first kappa shape index (κ1) is 17.9. The predicted octanol–water partition coefficient (Wildman–Crippen LogP) is 1.99. The molecule has 0 aromatic carbocycles. The van der Waals surface area contributed by atoms with Gasteiger partial charge in [-0.15, -0.1) is 0 Å². The summed E-state index contributed by atoms with van der Waals surface area (Å²) in [4.78, 5) is 13.7. The van der Waals surface area contributed by atoms with Crippen LogP contribution in [-0.4, -0.2) is 53.6 Å². The van der Waals surface area contributed by atoms with E-state index in [0.29, 0.717) is 31.7 Å². The van der Waals surface area contributed by atoms with Crippen LogP contribution < -0.4 is 0 Å². The molecule has 6 nitrogen and oxygen atoms in total. The molecule has 0 unspecified atom stereocenters. The zero-order chi connectivity index (χ0) is 16.7. The lowest BCUT2D eigenvalue weighted by atomic mass is 9.88. The van der Waals surface area contributed by atoms with Crippen molar-refractivity contribution in [2.75, 3.05) is 26.8 Å². The molecule has 2 rings (SSSR count). The number of carbonyl (C=O) groups is 1. The fourth-order valence-corrected chi connectivity index (χ4v) is 3.14. The van der Waals surface area contributed by atoms with E-state index in [-0.39, 0.29) is 12.5 Å². The van der Waals surface area contributed by atoms with Gasteiger partial charge < -0.3 is 9.47 Å². The molecule has 130 valence electrons. The lowest BCUT2D eigenvalue weighted by molar-refractivity contribution is -0.142. The van der Waals surface area contributed by atoms with E-state index in [1.165, 1.54) is 26.4 Å². The highest BCUT2D eigenvalue weighted by Crippen LogP contribution is 2.26. The van der Waals surface area contributed by atoms with E-state index in [1.54, 1.807) is 4.68 Å². The van der Waals surface area contributed by atoms with Crippen LogP contribution in [0.3, 0.4) is 0 Å². The number of aromatic nitrogens is 2. The number of esters is 1. The van der Waals surface area contributed by atoms with E-state index in [2.05, 4.69) is 16.9 Å². The average Bonchev–Trinajstić information content (AvgIpc) is 2.94. The molecule has 23 heavy (non-hydrogen) atoms. The van der Waals surface area contributed by atoms with Gasteiger partial charge in [-0.05, 0) is 18.8 Å². The first-order valence-corrected chi connectivity index (χ1v) is 8.46. The average molecular weight is 323 g/mol. The summed E-state index contributed by atoms with van der Waals surface area (Å²) in [5.41, 5.74) is 1.09. The van der Waals surface area contributed by atoms with E-state index in [1.807, 2.05) is 19.4 Å². The van der Waals surface area contributed by atoms with Gasteiger partial charge in [0, 0.05) is 31.9 Å². The Labute approximate surface area is 138 Å². The van der Waals surface area contributed by atoms with Crippen LogP contribution >= 0.6 is 0 Å². The van der Waals surface area contributed by atoms with Crippen LogP contribution in [0.5, 0.6) is 0 Å². The van der Waals surface area contributed by atoms with Gasteiger partial charge in [-0.1, -0.05) is 19.8 Å². The normalized spacial score (nSPS) is 21.6. The van der Waals surface area contributed by atoms with Crippen molar-refractivity contribution < 1.29 is 14.3 Å². The second-order valence-electron chi connectivity index (χ2n) is 6.48. The maximum atomic E-state index is 11.6. The first-order chi connectivity index (χ1) is 11.1. The van der Waals surface area contributed by atoms with Crippen molar-refractivity contribution in [3.05, 3.63) is 18.0 Å². The second kappa shape index (κ2) is 9.03. The number of nitrogens with zero attached hydrogens (tertiary/aromatic N) is 3. The Bertz CT molecular complexity index is 489. The maximum absolute atomic E-state index is 11.6. The Morgan fingerprint density at radius 1 is 1.43 bits per heavy atom. The molecule has 1 aliphatic rings. The topological polar surface area (TPSA) is 56.6 Å². The van der Waals surface area contributed by atoms with Gasteiger partial charge in [0.15, 0.2) is 0 Å². The highest BCUT2D eigenvalue weighted by molar-refractivity contribution is 5.71. The monoisotopic (exact) mass is 323 g/mol. The molecule has 2 atom stereocenters. The highest BCUT2D eigenvalue weighted by atomic mass is 16.5. The van der Waals surface area contributed by atoms with Crippen molar-refractivity contribution in [1.29, 1.82) is 0 Å². The molecule has 0 radical (unpaired) electrons. The molecule has 6 heteroatoms. The fraction of sp³-hybridized carbons (Fsp3) is 0.765. The number of hydrogen-bond acceptors (Lipinski definition) is 5. The van der Waals surface area contributed by atoms with Gasteiger partial charge in [0.25, 0.3) is 0 Å². The van der Waals surface area contributed by atoms with Crippen molar-refractivity contribution in [2.45, 2.75) is 45.3 Å². The molecule has 0 amide bonds. The lowest BCUT2D eigenvalue weighted by Gasteiger charge is -2.30. The van der Waals surface area contributed by atoms with Crippen LogP contribution in [0.15, 0.2) is 12.4 Å². The second-order valence-corrected chi connectivity index (χ2v) is 6.48. The number of rotatable bonds is 8. The molecule has 1 aromatic heterocycles. The van der Waals surface area contributed by atoms with E-state index in [4.69, 9.17) is 9.47 Å². The van der Waals surface area contributed by atoms with Crippen LogP contribution in [-0.2, 0) is 27.9 Å². The van der Waals surface area contributed by atoms with E-state index >= 15 is 0 Å². The van der Waals surface area contributed by atoms with Crippen LogP contribution in [0.4, 0.5) is 0 Å². The minimum absolute atomic E-state index is 0.222. The van der Waals surface area contributed by atoms with Crippen molar-refractivity contribution in [3.63, 3.8) is 0 Å². The van der Waals surface area contributed by atoms with Crippen molar-refractivity contribution >= 4 is 5.97 Å². The van der Waals surface area contributed by atoms with Gasteiger partial charge in [-0.3, -0.25) is 14.4 Å². The van der Waals surface area contributed by atoms with E-state index in [0.717, 1.165) is 12.0 Å². The SMILES string of the molecule is COC(=O)CN(CCO[C@@H]1CCCC[C@H]1C)Cc1cnn(C)c1. The Balaban J connectivity index is 1.82. The lowest BCUT2D eigenvalue weighted by Crippen LogP contribution is -2.35. The van der Waals surface area contributed by atoms with Gasteiger partial charge in [-0.25, -0.2) is 0 Å². The van der Waals surface area contributed by atoms with Crippen molar-refractivity contribution in [1.82, 2.24) is 14.7 Å². The number of methoxy groups -OCH3 is 1. The van der Waals surface area contributed by atoms with Crippen LogP contribution in [0, 0.1) is 5.92 Å². The molecule has 1 aliphatic carbocycles. The standard InChI is InChI=1S/C17H29N3O3/c1-14-6-4-5-7-16(14)23-9-8-20(13-17(21)22-3)12-15-10-18-19(2)11-15/h10-11,14,16H,4-9,12-13H2,1-3H3/t14-,16-/m1/s1. The third kappa shape index (κ3) is 5.95. The largest absolute Gasteiger partial charge is 0.468 e. The van der Waals surface area contributed by atoms with Gasteiger partial charge in [0.05, 0.1) is 32.6 Å². The summed E-state index contributed by atoms with van der Waals surface area (Å²) in [5.74, 6) is 0.413. The van der Waals surface area contributed by atoms with Crippen molar-refractivity contribution in [3.8, 4) is 0 Å².